The van der Waals surface area contributed by atoms with Gasteiger partial charge in [0.15, 0.2) is 11.5 Å². The molecule has 0 aliphatic rings. The Balaban J connectivity index is 1.97. The van der Waals surface area contributed by atoms with Crippen molar-refractivity contribution in [2.75, 3.05) is 7.11 Å². The SMILES string of the molecule is COc1ccc(CN[C@@H](C)c2ccncc2)cc1O. The van der Waals surface area contributed by atoms with Crippen molar-refractivity contribution in [2.45, 2.75) is 19.5 Å². The number of benzene rings is 1. The fourth-order valence-electron chi connectivity index (χ4n) is 1.89. The van der Waals surface area contributed by atoms with Gasteiger partial charge in [-0.2, -0.15) is 0 Å². The second-order valence-corrected chi connectivity index (χ2v) is 4.39. The average Bonchev–Trinajstić information content (AvgIpc) is 2.46. The zero-order chi connectivity index (χ0) is 13.7. The molecule has 0 spiro atoms. The second-order valence-electron chi connectivity index (χ2n) is 4.39. The Labute approximate surface area is 113 Å². The second kappa shape index (κ2) is 6.20. The fourth-order valence-corrected chi connectivity index (χ4v) is 1.89. The van der Waals surface area contributed by atoms with Crippen LogP contribution in [0.3, 0.4) is 0 Å². The van der Waals surface area contributed by atoms with Gasteiger partial charge in [0.25, 0.3) is 0 Å². The highest BCUT2D eigenvalue weighted by Crippen LogP contribution is 2.26. The van der Waals surface area contributed by atoms with Gasteiger partial charge in [-0.15, -0.1) is 0 Å². The Morgan fingerprint density at radius 1 is 1.26 bits per heavy atom. The smallest absolute Gasteiger partial charge is 0.160 e. The number of methoxy groups -OCH3 is 1. The number of ether oxygens (including phenoxy) is 1. The van der Waals surface area contributed by atoms with Gasteiger partial charge in [0.1, 0.15) is 0 Å². The third-order valence-corrected chi connectivity index (χ3v) is 3.06. The van der Waals surface area contributed by atoms with Crippen LogP contribution in [0.1, 0.15) is 24.1 Å². The van der Waals surface area contributed by atoms with Crippen LogP contribution in [0, 0.1) is 0 Å². The molecule has 0 saturated carbocycles. The predicted octanol–water partition coefficient (Wildman–Crippen LogP) is 2.65. The van der Waals surface area contributed by atoms with Crippen molar-refractivity contribution in [2.24, 2.45) is 0 Å². The topological polar surface area (TPSA) is 54.4 Å². The standard InChI is InChI=1S/C15H18N2O2/c1-11(13-5-7-16-8-6-13)17-10-12-3-4-15(19-2)14(18)9-12/h3-9,11,17-18H,10H2,1-2H3/t11-/m0/s1. The molecule has 0 aliphatic carbocycles. The molecule has 1 aromatic heterocycles. The molecule has 1 heterocycles. The van der Waals surface area contributed by atoms with E-state index in [0.717, 1.165) is 5.56 Å². The van der Waals surface area contributed by atoms with E-state index in [2.05, 4.69) is 17.2 Å². The highest BCUT2D eigenvalue weighted by Gasteiger charge is 2.06. The minimum atomic E-state index is 0.165. The summed E-state index contributed by atoms with van der Waals surface area (Å²) in [4.78, 5) is 4.00. The number of aromatic nitrogens is 1. The van der Waals surface area contributed by atoms with Crippen LogP contribution in [0.2, 0.25) is 0 Å². The van der Waals surface area contributed by atoms with Crippen LogP contribution in [0.5, 0.6) is 11.5 Å². The first kappa shape index (κ1) is 13.4. The maximum atomic E-state index is 9.71. The molecule has 100 valence electrons. The van der Waals surface area contributed by atoms with Crippen LogP contribution >= 0.6 is 0 Å². The third-order valence-electron chi connectivity index (χ3n) is 3.06. The minimum absolute atomic E-state index is 0.165. The Kier molecular flexibility index (Phi) is 4.36. The number of aromatic hydroxyl groups is 1. The van der Waals surface area contributed by atoms with Gasteiger partial charge in [-0.1, -0.05) is 6.07 Å². The van der Waals surface area contributed by atoms with Gasteiger partial charge in [-0.3, -0.25) is 4.98 Å². The molecule has 2 N–H and O–H groups in total. The van der Waals surface area contributed by atoms with Crippen molar-refractivity contribution in [1.82, 2.24) is 10.3 Å². The predicted molar refractivity (Wildman–Crippen MR) is 74.2 cm³/mol. The van der Waals surface area contributed by atoms with Gasteiger partial charge in [-0.25, -0.2) is 0 Å². The molecule has 1 aromatic carbocycles. The van der Waals surface area contributed by atoms with Crippen molar-refractivity contribution in [3.63, 3.8) is 0 Å². The van der Waals surface area contributed by atoms with Crippen LogP contribution in [-0.2, 0) is 6.54 Å². The molecule has 4 heteroatoms. The number of nitrogens with one attached hydrogen (secondary N) is 1. The Morgan fingerprint density at radius 2 is 2.00 bits per heavy atom. The molecule has 2 rings (SSSR count). The van der Waals surface area contributed by atoms with E-state index in [1.807, 2.05) is 18.2 Å². The maximum absolute atomic E-state index is 9.71. The zero-order valence-corrected chi connectivity index (χ0v) is 11.1. The summed E-state index contributed by atoms with van der Waals surface area (Å²) in [6.07, 6.45) is 3.57. The van der Waals surface area contributed by atoms with Gasteiger partial charge in [-0.05, 0) is 42.3 Å². The van der Waals surface area contributed by atoms with Crippen molar-refractivity contribution in [3.05, 3.63) is 53.9 Å². The van der Waals surface area contributed by atoms with Crippen LogP contribution < -0.4 is 10.1 Å². The van der Waals surface area contributed by atoms with E-state index in [9.17, 15) is 5.11 Å². The van der Waals surface area contributed by atoms with E-state index >= 15 is 0 Å². The number of hydrogen-bond donors (Lipinski definition) is 2. The van der Waals surface area contributed by atoms with Crippen molar-refractivity contribution in [1.29, 1.82) is 0 Å². The van der Waals surface area contributed by atoms with Crippen molar-refractivity contribution in [3.8, 4) is 11.5 Å². The lowest BCUT2D eigenvalue weighted by Gasteiger charge is -2.14. The first-order chi connectivity index (χ1) is 9.20. The van der Waals surface area contributed by atoms with Gasteiger partial charge in [0.2, 0.25) is 0 Å². The van der Waals surface area contributed by atoms with E-state index in [4.69, 9.17) is 4.74 Å². The van der Waals surface area contributed by atoms with Crippen molar-refractivity contribution < 1.29 is 9.84 Å². The van der Waals surface area contributed by atoms with Gasteiger partial charge in [0, 0.05) is 25.0 Å². The van der Waals surface area contributed by atoms with Crippen molar-refractivity contribution >= 4 is 0 Å². The molecule has 4 nitrogen and oxygen atoms in total. The Hall–Kier alpha value is -2.07. The van der Waals surface area contributed by atoms with Crippen LogP contribution in [0.4, 0.5) is 0 Å². The molecule has 1 atom stereocenters. The Morgan fingerprint density at radius 3 is 2.63 bits per heavy atom. The summed E-state index contributed by atoms with van der Waals surface area (Å²) in [6.45, 7) is 2.78. The maximum Gasteiger partial charge on any atom is 0.160 e. The number of phenols is 1. The highest BCUT2D eigenvalue weighted by molar-refractivity contribution is 5.41. The highest BCUT2D eigenvalue weighted by atomic mass is 16.5. The molecular formula is C15H18N2O2. The first-order valence-electron chi connectivity index (χ1n) is 6.20. The van der Waals surface area contributed by atoms with E-state index in [-0.39, 0.29) is 11.8 Å². The quantitative estimate of drug-likeness (QED) is 0.865. The lowest BCUT2D eigenvalue weighted by molar-refractivity contribution is 0.373. The summed E-state index contributed by atoms with van der Waals surface area (Å²) in [7, 11) is 1.54. The zero-order valence-electron chi connectivity index (χ0n) is 11.1. The largest absolute Gasteiger partial charge is 0.504 e. The number of pyridine rings is 1. The van der Waals surface area contributed by atoms with Crippen LogP contribution in [-0.4, -0.2) is 17.2 Å². The summed E-state index contributed by atoms with van der Waals surface area (Å²) >= 11 is 0. The summed E-state index contributed by atoms with van der Waals surface area (Å²) in [5, 5.41) is 13.1. The van der Waals surface area contributed by atoms with Crippen LogP contribution in [0.25, 0.3) is 0 Å². The van der Waals surface area contributed by atoms with E-state index in [0.29, 0.717) is 12.3 Å². The molecule has 0 fully saturated rings. The third kappa shape index (κ3) is 3.45. The van der Waals surface area contributed by atoms with E-state index in [1.54, 1.807) is 31.6 Å². The summed E-state index contributed by atoms with van der Waals surface area (Å²) in [5.74, 6) is 0.657. The number of nitrogens with zero attached hydrogens (tertiary/aromatic N) is 1. The average molecular weight is 258 g/mol. The molecule has 2 aromatic rings. The number of hydrogen-bond acceptors (Lipinski definition) is 4. The summed E-state index contributed by atoms with van der Waals surface area (Å²) in [5.41, 5.74) is 2.20. The van der Waals surface area contributed by atoms with Gasteiger partial charge >= 0.3 is 0 Å². The monoisotopic (exact) mass is 258 g/mol. The van der Waals surface area contributed by atoms with Crippen LogP contribution in [0.15, 0.2) is 42.7 Å². The molecule has 0 amide bonds. The molecule has 19 heavy (non-hydrogen) atoms. The first-order valence-corrected chi connectivity index (χ1v) is 6.20. The molecule has 0 unspecified atom stereocenters. The minimum Gasteiger partial charge on any atom is -0.504 e. The molecule has 0 aliphatic heterocycles. The van der Waals surface area contributed by atoms with Gasteiger partial charge < -0.3 is 15.2 Å². The van der Waals surface area contributed by atoms with E-state index in [1.165, 1.54) is 5.56 Å². The fraction of sp³-hybridized carbons (Fsp3) is 0.267. The molecule has 0 bridgehead atoms. The van der Waals surface area contributed by atoms with Gasteiger partial charge in [0.05, 0.1) is 7.11 Å². The summed E-state index contributed by atoms with van der Waals surface area (Å²) < 4.78 is 5.02. The molecule has 0 radical (unpaired) electrons. The molecular weight excluding hydrogens is 240 g/mol. The summed E-state index contributed by atoms with van der Waals surface area (Å²) in [6, 6.07) is 9.62. The normalized spacial score (nSPS) is 12.1. The lowest BCUT2D eigenvalue weighted by atomic mass is 10.1. The Bertz CT molecular complexity index is 529. The molecule has 0 saturated heterocycles. The lowest BCUT2D eigenvalue weighted by Crippen LogP contribution is -2.18. The number of phenolic OH excluding ortho intramolecular Hbond substituents is 1. The van der Waals surface area contributed by atoms with E-state index < -0.39 is 0 Å². The number of rotatable bonds is 5.